The molecule has 1 aromatic rings. The summed E-state index contributed by atoms with van der Waals surface area (Å²) < 4.78 is 0. The minimum atomic E-state index is -0.358. The van der Waals surface area contributed by atoms with E-state index in [1.165, 1.54) is 18.2 Å². The van der Waals surface area contributed by atoms with Crippen LogP contribution in [0, 0.1) is 0 Å². The predicted molar refractivity (Wildman–Crippen MR) is 58.1 cm³/mol. The standard InChI is InChI=1S/C10H7ClN2O2/c1-2-10(15)13-9-4-3-7(12-6-14)5-8(9)11/h2-5H,1H2,(H,13,15). The first-order chi connectivity index (χ1) is 7.17. The molecule has 1 amide bonds. The number of benzene rings is 1. The van der Waals surface area contributed by atoms with Gasteiger partial charge in [0.15, 0.2) is 0 Å². The minimum Gasteiger partial charge on any atom is -0.321 e. The third-order valence-corrected chi connectivity index (χ3v) is 1.88. The third kappa shape index (κ3) is 3.06. The molecule has 15 heavy (non-hydrogen) atoms. The summed E-state index contributed by atoms with van der Waals surface area (Å²) in [5.41, 5.74) is 0.818. The number of nitrogens with one attached hydrogen (secondary N) is 1. The van der Waals surface area contributed by atoms with E-state index >= 15 is 0 Å². The number of rotatable bonds is 3. The summed E-state index contributed by atoms with van der Waals surface area (Å²) in [7, 11) is 0. The number of nitrogens with zero attached hydrogens (tertiary/aromatic N) is 1. The molecule has 0 atom stereocenters. The lowest BCUT2D eigenvalue weighted by Crippen LogP contribution is -2.07. The Morgan fingerprint density at radius 1 is 1.60 bits per heavy atom. The third-order valence-electron chi connectivity index (χ3n) is 1.57. The van der Waals surface area contributed by atoms with Crippen molar-refractivity contribution in [2.75, 3.05) is 5.32 Å². The molecule has 0 saturated carbocycles. The van der Waals surface area contributed by atoms with Crippen molar-refractivity contribution in [3.8, 4) is 0 Å². The zero-order valence-electron chi connectivity index (χ0n) is 7.66. The van der Waals surface area contributed by atoms with Crippen LogP contribution in [0.3, 0.4) is 0 Å². The SMILES string of the molecule is C=CC(=O)Nc1ccc(N=C=O)cc1Cl. The van der Waals surface area contributed by atoms with Gasteiger partial charge in [-0.2, -0.15) is 4.99 Å². The van der Waals surface area contributed by atoms with Crippen LogP contribution >= 0.6 is 11.6 Å². The van der Waals surface area contributed by atoms with Gasteiger partial charge in [0, 0.05) is 0 Å². The lowest BCUT2D eigenvalue weighted by Gasteiger charge is -2.04. The Morgan fingerprint density at radius 3 is 2.87 bits per heavy atom. The van der Waals surface area contributed by atoms with E-state index in [9.17, 15) is 9.59 Å². The van der Waals surface area contributed by atoms with Gasteiger partial charge in [0.25, 0.3) is 0 Å². The molecule has 0 saturated heterocycles. The zero-order chi connectivity index (χ0) is 11.3. The van der Waals surface area contributed by atoms with Crippen molar-refractivity contribution in [3.05, 3.63) is 35.9 Å². The summed E-state index contributed by atoms with van der Waals surface area (Å²) in [5.74, 6) is -0.358. The number of hydrogen-bond acceptors (Lipinski definition) is 3. The van der Waals surface area contributed by atoms with Crippen molar-refractivity contribution < 1.29 is 9.59 Å². The topological polar surface area (TPSA) is 58.5 Å². The van der Waals surface area contributed by atoms with Crippen LogP contribution in [0.25, 0.3) is 0 Å². The van der Waals surface area contributed by atoms with Crippen LogP contribution in [0.2, 0.25) is 5.02 Å². The van der Waals surface area contributed by atoms with Crippen LogP contribution in [0.4, 0.5) is 11.4 Å². The Balaban J connectivity index is 2.97. The second kappa shape index (κ2) is 5.10. The molecule has 1 N–H and O–H groups in total. The summed E-state index contributed by atoms with van der Waals surface area (Å²) in [6, 6.07) is 4.53. The molecule has 0 aliphatic heterocycles. The van der Waals surface area contributed by atoms with Gasteiger partial charge in [0.1, 0.15) is 0 Å². The van der Waals surface area contributed by atoms with Crippen LogP contribution < -0.4 is 5.32 Å². The van der Waals surface area contributed by atoms with E-state index in [2.05, 4.69) is 16.9 Å². The largest absolute Gasteiger partial charge is 0.321 e. The average Bonchev–Trinajstić information content (AvgIpc) is 2.22. The normalized spacial score (nSPS) is 8.87. The maximum Gasteiger partial charge on any atom is 0.247 e. The Kier molecular flexibility index (Phi) is 3.80. The molecule has 0 aromatic heterocycles. The van der Waals surface area contributed by atoms with Crippen molar-refractivity contribution in [3.63, 3.8) is 0 Å². The molecule has 5 heteroatoms. The fourth-order valence-corrected chi connectivity index (χ4v) is 1.13. The van der Waals surface area contributed by atoms with Crippen LogP contribution in [-0.4, -0.2) is 12.0 Å². The molecular formula is C10H7ClN2O2. The highest BCUT2D eigenvalue weighted by atomic mass is 35.5. The van der Waals surface area contributed by atoms with Crippen molar-refractivity contribution >= 4 is 35.0 Å². The highest BCUT2D eigenvalue weighted by molar-refractivity contribution is 6.34. The number of amides is 1. The summed E-state index contributed by atoms with van der Waals surface area (Å²) >= 11 is 5.83. The first kappa shape index (κ1) is 11.2. The zero-order valence-corrected chi connectivity index (χ0v) is 8.41. The molecule has 76 valence electrons. The van der Waals surface area contributed by atoms with Gasteiger partial charge in [-0.3, -0.25) is 4.79 Å². The second-order valence-electron chi connectivity index (χ2n) is 2.56. The Labute approximate surface area is 91.3 Å². The lowest BCUT2D eigenvalue weighted by molar-refractivity contribution is -0.111. The van der Waals surface area contributed by atoms with Gasteiger partial charge < -0.3 is 5.32 Å². The maximum atomic E-state index is 11.0. The molecular weight excluding hydrogens is 216 g/mol. The Hall–Kier alpha value is -1.90. The lowest BCUT2D eigenvalue weighted by atomic mass is 10.3. The number of carbonyl (C=O) groups excluding carboxylic acids is 2. The van der Waals surface area contributed by atoms with Gasteiger partial charge in [-0.05, 0) is 24.3 Å². The molecule has 0 fully saturated rings. The van der Waals surface area contributed by atoms with E-state index in [-0.39, 0.29) is 5.91 Å². The molecule has 1 aromatic carbocycles. The summed E-state index contributed by atoms with van der Waals surface area (Å²) in [6.45, 7) is 3.31. The number of halogens is 1. The molecule has 0 radical (unpaired) electrons. The number of hydrogen-bond donors (Lipinski definition) is 1. The van der Waals surface area contributed by atoms with E-state index in [4.69, 9.17) is 11.6 Å². The van der Waals surface area contributed by atoms with Gasteiger partial charge in [0.05, 0.1) is 16.4 Å². The van der Waals surface area contributed by atoms with Crippen LogP contribution in [-0.2, 0) is 9.59 Å². The van der Waals surface area contributed by atoms with Crippen LogP contribution in [0.5, 0.6) is 0 Å². The van der Waals surface area contributed by atoms with Gasteiger partial charge in [-0.25, -0.2) is 4.79 Å². The van der Waals surface area contributed by atoms with Gasteiger partial charge in [-0.15, -0.1) is 0 Å². The second-order valence-corrected chi connectivity index (χ2v) is 2.97. The fraction of sp³-hybridized carbons (Fsp3) is 0. The van der Waals surface area contributed by atoms with Gasteiger partial charge in [-0.1, -0.05) is 18.2 Å². The minimum absolute atomic E-state index is 0.293. The van der Waals surface area contributed by atoms with E-state index < -0.39 is 0 Å². The Morgan fingerprint density at radius 2 is 2.33 bits per heavy atom. The van der Waals surface area contributed by atoms with E-state index in [0.717, 1.165) is 6.08 Å². The number of isocyanates is 1. The average molecular weight is 223 g/mol. The van der Waals surface area contributed by atoms with Gasteiger partial charge >= 0.3 is 0 Å². The summed E-state index contributed by atoms with van der Waals surface area (Å²) in [5, 5.41) is 2.79. The fourth-order valence-electron chi connectivity index (χ4n) is 0.911. The molecule has 0 aliphatic carbocycles. The van der Waals surface area contributed by atoms with Crippen LogP contribution in [0.1, 0.15) is 0 Å². The summed E-state index contributed by atoms with van der Waals surface area (Å²) in [4.78, 5) is 24.3. The highest BCUT2D eigenvalue weighted by Gasteiger charge is 2.03. The molecule has 4 nitrogen and oxygen atoms in total. The predicted octanol–water partition coefficient (Wildman–Crippen LogP) is 2.43. The first-order valence-electron chi connectivity index (χ1n) is 3.98. The molecule has 0 bridgehead atoms. The quantitative estimate of drug-likeness (QED) is 0.485. The highest BCUT2D eigenvalue weighted by Crippen LogP contribution is 2.26. The molecule has 0 unspecified atom stereocenters. The number of anilines is 1. The molecule has 1 rings (SSSR count). The van der Waals surface area contributed by atoms with Crippen molar-refractivity contribution in [1.82, 2.24) is 0 Å². The monoisotopic (exact) mass is 222 g/mol. The molecule has 0 spiro atoms. The smallest absolute Gasteiger partial charge is 0.247 e. The first-order valence-corrected chi connectivity index (χ1v) is 4.36. The van der Waals surface area contributed by atoms with Crippen molar-refractivity contribution in [2.24, 2.45) is 4.99 Å². The van der Waals surface area contributed by atoms with E-state index in [0.29, 0.717) is 16.4 Å². The van der Waals surface area contributed by atoms with E-state index in [1.807, 2.05) is 0 Å². The van der Waals surface area contributed by atoms with Gasteiger partial charge in [0.2, 0.25) is 12.0 Å². The molecule has 0 heterocycles. The number of carbonyl (C=O) groups is 1. The van der Waals surface area contributed by atoms with Crippen molar-refractivity contribution in [2.45, 2.75) is 0 Å². The van der Waals surface area contributed by atoms with E-state index in [1.54, 1.807) is 6.07 Å². The maximum absolute atomic E-state index is 11.0. The summed E-state index contributed by atoms with van der Waals surface area (Å²) in [6.07, 6.45) is 2.53. The Bertz CT molecular complexity index is 451. The van der Waals surface area contributed by atoms with Crippen LogP contribution in [0.15, 0.2) is 35.8 Å². The van der Waals surface area contributed by atoms with Crippen molar-refractivity contribution in [1.29, 1.82) is 0 Å². The number of aliphatic imine (C=N–C) groups is 1. The molecule has 0 aliphatic rings.